The normalized spacial score (nSPS) is 14.6. The topological polar surface area (TPSA) is 62.5 Å². The molecule has 0 N–H and O–H groups in total. The van der Waals surface area contributed by atoms with Crippen LogP contribution in [0.3, 0.4) is 0 Å². The molecule has 0 radical (unpaired) electrons. The molecular weight excluding hydrogens is 344 g/mol. The number of fused-ring (bicyclic) bond motifs is 3. The smallest absolute Gasteiger partial charge is 0.330 e. The van der Waals surface area contributed by atoms with Gasteiger partial charge >= 0.3 is 5.69 Å². The molecule has 0 bridgehead atoms. The summed E-state index contributed by atoms with van der Waals surface area (Å²) in [6.45, 7) is 0. The lowest BCUT2D eigenvalue weighted by Gasteiger charge is -2.18. The molecule has 0 saturated heterocycles. The van der Waals surface area contributed by atoms with Gasteiger partial charge in [-0.15, -0.1) is 0 Å². The highest BCUT2D eigenvalue weighted by atomic mass is 16.5. The summed E-state index contributed by atoms with van der Waals surface area (Å²) < 4.78 is 13.3. The molecule has 3 aromatic rings. The third-order valence-corrected chi connectivity index (χ3v) is 5.27. The Kier molecular flexibility index (Phi) is 3.91. The molecule has 1 unspecified atom stereocenters. The van der Waals surface area contributed by atoms with Crippen molar-refractivity contribution in [3.63, 3.8) is 0 Å². The predicted molar refractivity (Wildman–Crippen MR) is 103 cm³/mol. The molecule has 0 spiro atoms. The molecule has 1 aliphatic rings. The van der Waals surface area contributed by atoms with Crippen LogP contribution >= 0.6 is 0 Å². The van der Waals surface area contributed by atoms with Crippen molar-refractivity contribution in [3.05, 3.63) is 80.1 Å². The van der Waals surface area contributed by atoms with Crippen LogP contribution in [0, 0.1) is 0 Å². The summed E-state index contributed by atoms with van der Waals surface area (Å²) in [6.07, 6.45) is 0. The zero-order valence-electron chi connectivity index (χ0n) is 15.6. The van der Waals surface area contributed by atoms with Crippen LogP contribution in [0.5, 0.6) is 11.5 Å². The van der Waals surface area contributed by atoms with Crippen LogP contribution in [0.2, 0.25) is 0 Å². The van der Waals surface area contributed by atoms with Gasteiger partial charge in [0.15, 0.2) is 0 Å². The SMILES string of the molecule is COc1ccc(C2c3ccc(OC)cc3-c3c2n(C)c(=O)n(C)c3=O)cc1. The van der Waals surface area contributed by atoms with Gasteiger partial charge in [0.1, 0.15) is 11.5 Å². The fraction of sp³-hybridized carbons (Fsp3) is 0.238. The molecule has 4 rings (SSSR count). The van der Waals surface area contributed by atoms with Gasteiger partial charge in [-0.1, -0.05) is 18.2 Å². The highest BCUT2D eigenvalue weighted by molar-refractivity contribution is 5.80. The number of nitrogens with zero attached hydrogens (tertiary/aromatic N) is 2. The quantitative estimate of drug-likeness (QED) is 0.559. The van der Waals surface area contributed by atoms with E-state index in [-0.39, 0.29) is 17.2 Å². The minimum atomic E-state index is -0.336. The predicted octanol–water partition coefficient (Wildman–Crippen LogP) is 2.26. The molecule has 1 aromatic heterocycles. The first-order valence-electron chi connectivity index (χ1n) is 8.60. The second kappa shape index (κ2) is 6.16. The fourth-order valence-electron chi connectivity index (χ4n) is 3.86. The summed E-state index contributed by atoms with van der Waals surface area (Å²) in [5.74, 6) is 1.22. The van der Waals surface area contributed by atoms with Gasteiger partial charge in [-0.3, -0.25) is 13.9 Å². The van der Waals surface area contributed by atoms with E-state index >= 15 is 0 Å². The molecule has 1 atom stereocenters. The van der Waals surface area contributed by atoms with Gasteiger partial charge < -0.3 is 9.47 Å². The molecule has 27 heavy (non-hydrogen) atoms. The van der Waals surface area contributed by atoms with Crippen molar-refractivity contribution in [3.8, 4) is 22.6 Å². The molecule has 0 fully saturated rings. The van der Waals surface area contributed by atoms with Crippen molar-refractivity contribution in [1.82, 2.24) is 9.13 Å². The maximum atomic E-state index is 13.0. The lowest BCUT2D eigenvalue weighted by Crippen LogP contribution is -2.39. The number of aromatic nitrogens is 2. The van der Waals surface area contributed by atoms with E-state index in [1.54, 1.807) is 25.8 Å². The van der Waals surface area contributed by atoms with Crippen LogP contribution in [0.1, 0.15) is 22.7 Å². The Labute approximate surface area is 156 Å². The number of hydrogen-bond donors (Lipinski definition) is 0. The highest BCUT2D eigenvalue weighted by Crippen LogP contribution is 2.47. The van der Waals surface area contributed by atoms with Crippen LogP contribution in [0.15, 0.2) is 52.1 Å². The molecule has 0 aliphatic heterocycles. The molecule has 1 heterocycles. The van der Waals surface area contributed by atoms with Gasteiger partial charge in [0.05, 0.1) is 25.7 Å². The summed E-state index contributed by atoms with van der Waals surface area (Å²) >= 11 is 0. The average Bonchev–Trinajstić information content (AvgIpc) is 3.05. The Morgan fingerprint density at radius 1 is 0.852 bits per heavy atom. The summed E-state index contributed by atoms with van der Waals surface area (Å²) in [4.78, 5) is 25.5. The molecular formula is C21H20N2O4. The van der Waals surface area contributed by atoms with Gasteiger partial charge in [-0.05, 0) is 41.0 Å². The van der Waals surface area contributed by atoms with Gasteiger partial charge in [-0.2, -0.15) is 0 Å². The monoisotopic (exact) mass is 364 g/mol. The summed E-state index contributed by atoms with van der Waals surface area (Å²) in [6, 6.07) is 13.4. The van der Waals surface area contributed by atoms with Crippen LogP contribution in [-0.2, 0) is 14.1 Å². The fourth-order valence-corrected chi connectivity index (χ4v) is 3.86. The molecule has 6 nitrogen and oxygen atoms in total. The Morgan fingerprint density at radius 2 is 1.48 bits per heavy atom. The lowest BCUT2D eigenvalue weighted by atomic mass is 9.91. The first-order valence-corrected chi connectivity index (χ1v) is 8.60. The zero-order valence-corrected chi connectivity index (χ0v) is 15.6. The van der Waals surface area contributed by atoms with Crippen molar-refractivity contribution in [2.75, 3.05) is 14.2 Å². The van der Waals surface area contributed by atoms with Crippen molar-refractivity contribution < 1.29 is 9.47 Å². The van der Waals surface area contributed by atoms with Gasteiger partial charge in [0.25, 0.3) is 5.56 Å². The molecule has 0 saturated carbocycles. The number of rotatable bonds is 3. The minimum absolute atomic E-state index is 0.210. The van der Waals surface area contributed by atoms with E-state index in [0.29, 0.717) is 17.0 Å². The van der Waals surface area contributed by atoms with Crippen molar-refractivity contribution in [2.24, 2.45) is 14.1 Å². The second-order valence-electron chi connectivity index (χ2n) is 6.63. The third-order valence-electron chi connectivity index (χ3n) is 5.27. The Morgan fingerprint density at radius 3 is 2.11 bits per heavy atom. The van der Waals surface area contributed by atoms with Gasteiger partial charge in [0.2, 0.25) is 0 Å². The van der Waals surface area contributed by atoms with E-state index < -0.39 is 0 Å². The van der Waals surface area contributed by atoms with E-state index in [1.807, 2.05) is 42.5 Å². The van der Waals surface area contributed by atoms with Crippen molar-refractivity contribution >= 4 is 0 Å². The molecule has 2 aromatic carbocycles. The number of hydrogen-bond acceptors (Lipinski definition) is 4. The Hall–Kier alpha value is -3.28. The maximum absolute atomic E-state index is 13.0. The Balaban J connectivity index is 2.08. The van der Waals surface area contributed by atoms with Crippen LogP contribution in [-0.4, -0.2) is 23.4 Å². The number of methoxy groups -OCH3 is 2. The van der Waals surface area contributed by atoms with Crippen LogP contribution in [0.4, 0.5) is 0 Å². The molecule has 6 heteroatoms. The van der Waals surface area contributed by atoms with E-state index in [2.05, 4.69) is 0 Å². The van der Waals surface area contributed by atoms with Gasteiger partial charge in [0, 0.05) is 19.8 Å². The van der Waals surface area contributed by atoms with Gasteiger partial charge in [-0.25, -0.2) is 4.79 Å². The summed E-state index contributed by atoms with van der Waals surface area (Å²) in [5, 5.41) is 0. The van der Waals surface area contributed by atoms with E-state index in [1.165, 1.54) is 7.05 Å². The Bertz CT molecular complexity index is 1160. The first kappa shape index (κ1) is 17.1. The maximum Gasteiger partial charge on any atom is 0.330 e. The zero-order chi connectivity index (χ0) is 19.3. The summed E-state index contributed by atoms with van der Waals surface area (Å²) in [5.41, 5.74) is 3.40. The van der Waals surface area contributed by atoms with Crippen molar-refractivity contribution in [1.29, 1.82) is 0 Å². The molecule has 138 valence electrons. The average molecular weight is 364 g/mol. The second-order valence-corrected chi connectivity index (χ2v) is 6.63. The third kappa shape index (κ3) is 2.40. The van der Waals surface area contributed by atoms with Crippen LogP contribution in [0.25, 0.3) is 11.1 Å². The van der Waals surface area contributed by atoms with E-state index in [4.69, 9.17) is 9.47 Å². The molecule has 1 aliphatic carbocycles. The summed E-state index contributed by atoms with van der Waals surface area (Å²) in [7, 11) is 6.43. The minimum Gasteiger partial charge on any atom is -0.497 e. The van der Waals surface area contributed by atoms with E-state index in [0.717, 1.165) is 27.0 Å². The largest absolute Gasteiger partial charge is 0.497 e. The highest BCUT2D eigenvalue weighted by Gasteiger charge is 2.35. The molecule has 0 amide bonds. The number of ether oxygens (including phenoxy) is 2. The van der Waals surface area contributed by atoms with Crippen LogP contribution < -0.4 is 20.7 Å². The van der Waals surface area contributed by atoms with Crippen molar-refractivity contribution in [2.45, 2.75) is 5.92 Å². The first-order chi connectivity index (χ1) is 13.0. The lowest BCUT2D eigenvalue weighted by molar-refractivity contribution is 0.414. The van der Waals surface area contributed by atoms with E-state index in [9.17, 15) is 9.59 Å². The number of benzene rings is 2. The standard InChI is InChI=1S/C21H20N2O4/c1-22-19-17(12-5-7-13(26-3)8-6-12)15-10-9-14(27-4)11-16(15)18(19)20(24)23(2)21(22)25/h5-11,17H,1-4H3.